The Balaban J connectivity index is 1.76. The number of hydrazone groups is 1. The summed E-state index contributed by atoms with van der Waals surface area (Å²) in [5.74, 6) is 0.830. The van der Waals surface area contributed by atoms with Crippen LogP contribution in [-0.2, 0) is 0 Å². The van der Waals surface area contributed by atoms with Crippen LogP contribution >= 0.6 is 0 Å². The van der Waals surface area contributed by atoms with E-state index in [9.17, 15) is 0 Å². The summed E-state index contributed by atoms with van der Waals surface area (Å²) in [5.41, 5.74) is 10.4. The fourth-order valence-corrected chi connectivity index (χ4v) is 3.41. The fourth-order valence-electron chi connectivity index (χ4n) is 3.41. The highest BCUT2D eigenvalue weighted by Crippen LogP contribution is 2.29. The molecule has 0 fully saturated rings. The maximum absolute atomic E-state index is 4.84. The minimum absolute atomic E-state index is 0.359. The molecule has 1 aliphatic rings. The van der Waals surface area contributed by atoms with Crippen molar-refractivity contribution in [3.8, 4) is 0 Å². The summed E-state index contributed by atoms with van der Waals surface area (Å²) in [5, 5.41) is 13.5. The van der Waals surface area contributed by atoms with Crippen LogP contribution in [0.15, 0.2) is 93.1 Å². The lowest BCUT2D eigenvalue weighted by molar-refractivity contribution is 0.760. The zero-order valence-electron chi connectivity index (χ0n) is 17.5. The van der Waals surface area contributed by atoms with Gasteiger partial charge in [-0.3, -0.25) is 10.4 Å². The van der Waals surface area contributed by atoms with E-state index in [4.69, 9.17) is 4.99 Å². The van der Waals surface area contributed by atoms with Crippen molar-refractivity contribution in [1.29, 1.82) is 0 Å². The monoisotopic (exact) mass is 395 g/mol. The van der Waals surface area contributed by atoms with Gasteiger partial charge in [0, 0.05) is 18.0 Å². The van der Waals surface area contributed by atoms with Gasteiger partial charge in [0.25, 0.3) is 0 Å². The molecule has 1 atom stereocenters. The lowest BCUT2D eigenvalue weighted by Crippen LogP contribution is -2.23. The third-order valence-corrected chi connectivity index (χ3v) is 5.27. The number of rotatable bonds is 4. The Hall–Kier alpha value is -3.60. The minimum atomic E-state index is 0.359. The van der Waals surface area contributed by atoms with Crippen molar-refractivity contribution in [2.75, 3.05) is 12.0 Å². The minimum Gasteiger partial charge on any atom is -0.280 e. The number of nitrogens with zero attached hydrogens (tertiary/aromatic N) is 4. The third-order valence-electron chi connectivity index (χ3n) is 5.27. The van der Waals surface area contributed by atoms with E-state index >= 15 is 0 Å². The molecule has 3 aromatic carbocycles. The van der Waals surface area contributed by atoms with Crippen LogP contribution in [0, 0.1) is 13.8 Å². The first-order valence-corrected chi connectivity index (χ1v) is 10.1. The average Bonchev–Trinajstić information content (AvgIpc) is 2.77. The van der Waals surface area contributed by atoms with Crippen molar-refractivity contribution < 1.29 is 0 Å². The van der Waals surface area contributed by atoms with E-state index in [1.807, 2.05) is 60.7 Å². The highest BCUT2D eigenvalue weighted by Gasteiger charge is 2.24. The predicted molar refractivity (Wildman–Crippen MR) is 124 cm³/mol. The summed E-state index contributed by atoms with van der Waals surface area (Å²) in [6.07, 6.45) is 0. The van der Waals surface area contributed by atoms with E-state index in [-0.39, 0.29) is 0 Å². The normalized spacial score (nSPS) is 16.3. The van der Waals surface area contributed by atoms with Crippen LogP contribution in [0.5, 0.6) is 0 Å². The molecule has 4 rings (SSSR count). The summed E-state index contributed by atoms with van der Waals surface area (Å²) in [4.78, 5) is 4.84. The molecule has 5 heteroatoms. The molecule has 0 amide bonds. The molecule has 1 N–H and O–H groups in total. The van der Waals surface area contributed by atoms with Crippen LogP contribution < -0.4 is 5.43 Å². The van der Waals surface area contributed by atoms with Gasteiger partial charge < -0.3 is 0 Å². The lowest BCUT2D eigenvalue weighted by Gasteiger charge is -2.23. The molecule has 0 saturated carbocycles. The first kappa shape index (κ1) is 19.7. The van der Waals surface area contributed by atoms with Gasteiger partial charge in [0.05, 0.1) is 11.4 Å². The average molecular weight is 396 g/mol. The number of aryl methyl sites for hydroxylation is 2. The van der Waals surface area contributed by atoms with Crippen molar-refractivity contribution in [2.24, 2.45) is 20.3 Å². The van der Waals surface area contributed by atoms with E-state index in [1.165, 1.54) is 16.7 Å². The number of nitrogens with one attached hydrogen (secondary N) is 1. The Morgan fingerprint density at radius 3 is 2.33 bits per heavy atom. The maximum atomic E-state index is 4.84. The van der Waals surface area contributed by atoms with E-state index in [0.29, 0.717) is 18.3 Å². The lowest BCUT2D eigenvalue weighted by atomic mass is 9.87. The second-order valence-corrected chi connectivity index (χ2v) is 7.56. The number of benzene rings is 3. The second kappa shape index (κ2) is 8.82. The van der Waals surface area contributed by atoms with E-state index in [0.717, 1.165) is 22.6 Å². The smallest absolute Gasteiger partial charge is 0.219 e. The third kappa shape index (κ3) is 4.35. The zero-order chi connectivity index (χ0) is 20.9. The number of anilines is 1. The van der Waals surface area contributed by atoms with Gasteiger partial charge >= 0.3 is 0 Å². The standard InChI is InChI=1S/C25H25N5/c1-17-14-22-19(3)16-26-24(23(22)15-18(17)2)25(29-27-20-10-6-4-7-11-20)30-28-21-12-8-5-9-13-21/h4-15,19,27H,16H2,1-3H3. The van der Waals surface area contributed by atoms with Crippen LogP contribution in [-0.4, -0.2) is 18.1 Å². The van der Waals surface area contributed by atoms with Crippen LogP contribution in [0.3, 0.4) is 0 Å². The highest BCUT2D eigenvalue weighted by atomic mass is 15.3. The Kier molecular flexibility index (Phi) is 5.80. The van der Waals surface area contributed by atoms with Crippen molar-refractivity contribution in [3.63, 3.8) is 0 Å². The summed E-state index contributed by atoms with van der Waals surface area (Å²) in [7, 11) is 0. The van der Waals surface area contributed by atoms with Crippen molar-refractivity contribution in [3.05, 3.63) is 95.1 Å². The van der Waals surface area contributed by atoms with E-state index in [2.05, 4.69) is 53.7 Å². The molecular formula is C25H25N5. The number of fused-ring (bicyclic) bond motifs is 1. The largest absolute Gasteiger partial charge is 0.280 e. The first-order valence-electron chi connectivity index (χ1n) is 10.1. The van der Waals surface area contributed by atoms with Crippen molar-refractivity contribution in [2.45, 2.75) is 26.7 Å². The van der Waals surface area contributed by atoms with Gasteiger partial charge in [-0.15, -0.1) is 10.2 Å². The predicted octanol–water partition coefficient (Wildman–Crippen LogP) is 6.42. The zero-order valence-corrected chi connectivity index (χ0v) is 17.5. The molecule has 30 heavy (non-hydrogen) atoms. The Labute approximate surface area is 177 Å². The molecule has 1 unspecified atom stereocenters. The Morgan fingerprint density at radius 2 is 1.60 bits per heavy atom. The topological polar surface area (TPSA) is 61.5 Å². The molecule has 0 aromatic heterocycles. The number of hydrogen-bond donors (Lipinski definition) is 1. The van der Waals surface area contributed by atoms with Gasteiger partial charge in [0.2, 0.25) is 5.84 Å². The summed E-state index contributed by atoms with van der Waals surface area (Å²) in [6, 6.07) is 23.9. The Morgan fingerprint density at radius 1 is 0.933 bits per heavy atom. The SMILES string of the molecule is Cc1cc2c(cc1C)C(C)CN=C2C(N=Nc1ccccc1)=NNc1ccccc1. The number of azo groups is 1. The quantitative estimate of drug-likeness (QED) is 0.236. The fraction of sp³-hybridized carbons (Fsp3) is 0.200. The van der Waals surface area contributed by atoms with Crippen LogP contribution in [0.4, 0.5) is 11.4 Å². The van der Waals surface area contributed by atoms with Crippen LogP contribution in [0.25, 0.3) is 0 Å². The number of hydrogen-bond acceptors (Lipinski definition) is 4. The molecule has 0 aliphatic carbocycles. The van der Waals surface area contributed by atoms with Gasteiger partial charge in [-0.05, 0) is 60.9 Å². The van der Waals surface area contributed by atoms with E-state index < -0.39 is 0 Å². The van der Waals surface area contributed by atoms with Crippen molar-refractivity contribution >= 4 is 22.9 Å². The molecule has 1 aliphatic heterocycles. The summed E-state index contributed by atoms with van der Waals surface area (Å²) >= 11 is 0. The van der Waals surface area contributed by atoms with Gasteiger partial charge in [-0.1, -0.05) is 49.4 Å². The first-order chi connectivity index (χ1) is 14.6. The van der Waals surface area contributed by atoms with Crippen molar-refractivity contribution in [1.82, 2.24) is 0 Å². The maximum Gasteiger partial charge on any atom is 0.219 e. The van der Waals surface area contributed by atoms with Crippen LogP contribution in [0.1, 0.15) is 35.1 Å². The molecule has 0 bridgehead atoms. The Bertz CT molecular complexity index is 1120. The molecule has 0 radical (unpaired) electrons. The molecular weight excluding hydrogens is 370 g/mol. The van der Waals surface area contributed by atoms with Gasteiger partial charge in [-0.2, -0.15) is 5.10 Å². The van der Waals surface area contributed by atoms with Crippen LogP contribution in [0.2, 0.25) is 0 Å². The van der Waals surface area contributed by atoms with Gasteiger partial charge in [0.1, 0.15) is 5.71 Å². The molecule has 5 nitrogen and oxygen atoms in total. The molecule has 1 heterocycles. The highest BCUT2D eigenvalue weighted by molar-refractivity contribution is 6.48. The second-order valence-electron chi connectivity index (χ2n) is 7.56. The molecule has 3 aromatic rings. The van der Waals surface area contributed by atoms with Gasteiger partial charge in [-0.25, -0.2) is 0 Å². The summed E-state index contributed by atoms with van der Waals surface area (Å²) < 4.78 is 0. The number of amidine groups is 1. The molecule has 150 valence electrons. The molecule has 0 spiro atoms. The molecule has 0 saturated heterocycles. The summed E-state index contributed by atoms with van der Waals surface area (Å²) in [6.45, 7) is 7.18. The van der Waals surface area contributed by atoms with E-state index in [1.54, 1.807) is 0 Å². The number of aliphatic imine (C=N–C) groups is 1. The van der Waals surface area contributed by atoms with Gasteiger partial charge in [0.15, 0.2) is 0 Å². The number of para-hydroxylation sites is 1.